The first kappa shape index (κ1) is 33.8. The molecule has 3 amide bonds. The normalized spacial score (nSPS) is 16.3. The molecule has 2 aromatic heterocycles. The lowest BCUT2D eigenvalue weighted by Gasteiger charge is -2.24. The molecule has 0 aliphatic carbocycles. The molecule has 1 saturated heterocycles. The first-order chi connectivity index (χ1) is 24.7. The molecule has 12 heteroatoms. The third-order valence-electron chi connectivity index (χ3n) is 9.04. The fourth-order valence-corrected chi connectivity index (χ4v) is 6.67. The van der Waals surface area contributed by atoms with Crippen molar-refractivity contribution in [1.29, 1.82) is 0 Å². The second kappa shape index (κ2) is 14.3. The van der Waals surface area contributed by atoms with Crippen LogP contribution in [0.4, 0.5) is 14.9 Å². The molecule has 3 N–H and O–H groups in total. The SMILES string of the molecule is COc1ccc2c(O[C@@H]3C[C@@H](C(=O)NCc4cccc(Cl)c4F)N(C(=O)Nc4cn(C(C)O)c5ccccc45)C3)cc(-c3ccccc3)nc2c1. The summed E-state index contributed by atoms with van der Waals surface area (Å²) < 4.78 is 28.4. The molecule has 1 unspecified atom stereocenters. The van der Waals surface area contributed by atoms with Crippen molar-refractivity contribution in [3.8, 4) is 22.8 Å². The Balaban J connectivity index is 1.20. The number of carbonyl (C=O) groups is 2. The van der Waals surface area contributed by atoms with E-state index in [-0.39, 0.29) is 30.1 Å². The second-order valence-electron chi connectivity index (χ2n) is 12.4. The second-order valence-corrected chi connectivity index (χ2v) is 12.8. The van der Waals surface area contributed by atoms with Crippen LogP contribution in [0, 0.1) is 5.82 Å². The number of benzene rings is 4. The number of para-hydroxylation sites is 1. The predicted molar refractivity (Wildman–Crippen MR) is 194 cm³/mol. The maximum Gasteiger partial charge on any atom is 0.322 e. The molecule has 7 rings (SSSR count). The van der Waals surface area contributed by atoms with Gasteiger partial charge in [-0.15, -0.1) is 0 Å². The number of nitrogens with one attached hydrogen (secondary N) is 2. The van der Waals surface area contributed by atoms with Crippen LogP contribution in [0.1, 0.15) is 25.1 Å². The molecule has 4 aromatic carbocycles. The van der Waals surface area contributed by atoms with E-state index < -0.39 is 36.1 Å². The van der Waals surface area contributed by atoms with Crippen molar-refractivity contribution in [2.45, 2.75) is 38.3 Å². The quantitative estimate of drug-likeness (QED) is 0.143. The number of fused-ring (bicyclic) bond motifs is 2. The molecule has 1 aliphatic rings. The van der Waals surface area contributed by atoms with Crippen LogP contribution >= 0.6 is 11.6 Å². The largest absolute Gasteiger partial charge is 0.497 e. The number of hydrogen-bond acceptors (Lipinski definition) is 6. The summed E-state index contributed by atoms with van der Waals surface area (Å²) in [5.41, 5.74) is 3.66. The molecule has 6 aromatic rings. The number of anilines is 1. The Hall–Kier alpha value is -5.65. The fraction of sp³-hybridized carbons (Fsp3) is 0.205. The van der Waals surface area contributed by atoms with Crippen LogP contribution in [0.15, 0.2) is 103 Å². The predicted octanol–water partition coefficient (Wildman–Crippen LogP) is 7.54. The number of urea groups is 1. The number of hydrogen-bond donors (Lipinski definition) is 3. The van der Waals surface area contributed by atoms with Crippen molar-refractivity contribution in [3.05, 3.63) is 120 Å². The summed E-state index contributed by atoms with van der Waals surface area (Å²) in [4.78, 5) is 34.1. The lowest BCUT2D eigenvalue weighted by molar-refractivity contribution is -0.124. The number of aliphatic hydroxyl groups excluding tert-OH is 1. The van der Waals surface area contributed by atoms with Crippen LogP contribution in [-0.4, -0.2) is 57.3 Å². The molecule has 0 saturated carbocycles. The molecule has 0 spiro atoms. The number of pyridine rings is 1. The van der Waals surface area contributed by atoms with Gasteiger partial charge in [0.05, 0.1) is 41.1 Å². The first-order valence-electron chi connectivity index (χ1n) is 16.5. The third-order valence-corrected chi connectivity index (χ3v) is 9.33. The molecule has 0 radical (unpaired) electrons. The van der Waals surface area contributed by atoms with E-state index in [1.165, 1.54) is 17.0 Å². The number of halogens is 2. The number of aromatic nitrogens is 2. The van der Waals surface area contributed by atoms with Gasteiger partial charge in [-0.1, -0.05) is 72.3 Å². The summed E-state index contributed by atoms with van der Waals surface area (Å²) in [6.45, 7) is 1.58. The average molecular weight is 708 g/mol. The van der Waals surface area contributed by atoms with Gasteiger partial charge in [0.25, 0.3) is 0 Å². The number of ether oxygens (including phenoxy) is 2. The highest BCUT2D eigenvalue weighted by atomic mass is 35.5. The van der Waals surface area contributed by atoms with Gasteiger partial charge in [-0.3, -0.25) is 4.79 Å². The smallest absolute Gasteiger partial charge is 0.322 e. The van der Waals surface area contributed by atoms with Crippen LogP contribution < -0.4 is 20.1 Å². The van der Waals surface area contributed by atoms with Gasteiger partial charge in [0.15, 0.2) is 0 Å². The van der Waals surface area contributed by atoms with E-state index in [0.29, 0.717) is 28.4 Å². The summed E-state index contributed by atoms with van der Waals surface area (Å²) in [5.74, 6) is 0.0802. The van der Waals surface area contributed by atoms with Crippen LogP contribution in [0.2, 0.25) is 5.02 Å². The van der Waals surface area contributed by atoms with E-state index in [9.17, 15) is 19.1 Å². The minimum Gasteiger partial charge on any atom is -0.497 e. The van der Waals surface area contributed by atoms with E-state index in [4.69, 9.17) is 26.1 Å². The Labute approximate surface area is 298 Å². The van der Waals surface area contributed by atoms with Crippen LogP contribution in [0.3, 0.4) is 0 Å². The Kier molecular flexibility index (Phi) is 9.48. The standard InChI is InChI=1S/C39H35ClFN5O5/c1-23(47)45-22-33(28-12-6-7-14-34(28)45)44-39(49)46-21-27(18-35(46)38(48)42-20-25-11-8-13-30(40)37(25)41)51-36-19-31(24-9-4-3-5-10-24)43-32-17-26(50-2)15-16-29(32)36/h3-17,19,22-23,27,35,47H,18,20-21H2,1-2H3,(H,42,48)(H,44,49)/t23?,27-,35+/m1/s1. The van der Waals surface area contributed by atoms with E-state index >= 15 is 0 Å². The van der Waals surface area contributed by atoms with Crippen molar-refractivity contribution in [1.82, 2.24) is 19.8 Å². The number of rotatable bonds is 9. The van der Waals surface area contributed by atoms with E-state index in [0.717, 1.165) is 21.9 Å². The van der Waals surface area contributed by atoms with Crippen LogP contribution in [0.25, 0.3) is 33.1 Å². The highest BCUT2D eigenvalue weighted by molar-refractivity contribution is 6.30. The minimum absolute atomic E-state index is 0.0504. The van der Waals surface area contributed by atoms with Gasteiger partial charge in [0, 0.05) is 53.2 Å². The van der Waals surface area contributed by atoms with Crippen LogP contribution in [0.5, 0.6) is 11.5 Å². The molecule has 1 fully saturated rings. The van der Waals surface area contributed by atoms with Crippen molar-refractivity contribution >= 4 is 51.0 Å². The molecule has 10 nitrogen and oxygen atoms in total. The van der Waals surface area contributed by atoms with E-state index in [1.54, 1.807) is 30.9 Å². The minimum atomic E-state index is -0.954. The first-order valence-corrected chi connectivity index (χ1v) is 16.8. The Morgan fingerprint density at radius 2 is 1.80 bits per heavy atom. The Morgan fingerprint density at radius 1 is 1.02 bits per heavy atom. The molecule has 51 heavy (non-hydrogen) atoms. The zero-order chi connectivity index (χ0) is 35.6. The fourth-order valence-electron chi connectivity index (χ4n) is 6.48. The van der Waals surface area contributed by atoms with Gasteiger partial charge >= 0.3 is 6.03 Å². The third kappa shape index (κ3) is 6.90. The summed E-state index contributed by atoms with van der Waals surface area (Å²) in [6.07, 6.45) is 0.389. The van der Waals surface area contributed by atoms with Crippen molar-refractivity contribution in [2.75, 3.05) is 19.0 Å². The van der Waals surface area contributed by atoms with Gasteiger partial charge < -0.3 is 34.7 Å². The van der Waals surface area contributed by atoms with Gasteiger partial charge in [-0.25, -0.2) is 14.2 Å². The van der Waals surface area contributed by atoms with Crippen molar-refractivity contribution in [2.24, 2.45) is 0 Å². The van der Waals surface area contributed by atoms with Crippen LogP contribution in [-0.2, 0) is 11.3 Å². The lowest BCUT2D eigenvalue weighted by Crippen LogP contribution is -2.47. The van der Waals surface area contributed by atoms with E-state index in [2.05, 4.69) is 10.6 Å². The maximum absolute atomic E-state index is 14.7. The monoisotopic (exact) mass is 707 g/mol. The highest BCUT2D eigenvalue weighted by Crippen LogP contribution is 2.35. The Bertz CT molecular complexity index is 2240. The van der Waals surface area contributed by atoms with Crippen molar-refractivity contribution < 1.29 is 28.6 Å². The maximum atomic E-state index is 14.7. The number of amides is 3. The number of carbonyl (C=O) groups excluding carboxylic acids is 2. The molecule has 3 atom stereocenters. The molecular weight excluding hydrogens is 673 g/mol. The van der Waals surface area contributed by atoms with Crippen molar-refractivity contribution in [3.63, 3.8) is 0 Å². The topological polar surface area (TPSA) is 118 Å². The Morgan fingerprint density at radius 3 is 2.59 bits per heavy atom. The van der Waals surface area contributed by atoms with E-state index in [1.807, 2.05) is 78.9 Å². The zero-order valence-corrected chi connectivity index (χ0v) is 28.6. The number of methoxy groups -OCH3 is 1. The molecular formula is C39H35ClFN5O5. The molecule has 260 valence electrons. The molecule has 1 aliphatic heterocycles. The number of nitrogens with zero attached hydrogens (tertiary/aromatic N) is 3. The lowest BCUT2D eigenvalue weighted by atomic mass is 10.1. The van der Waals surface area contributed by atoms with Gasteiger partial charge in [-0.2, -0.15) is 0 Å². The summed E-state index contributed by atoms with van der Waals surface area (Å²) in [5, 5.41) is 17.5. The zero-order valence-electron chi connectivity index (χ0n) is 27.8. The van der Waals surface area contributed by atoms with Gasteiger partial charge in [0.2, 0.25) is 5.91 Å². The highest BCUT2D eigenvalue weighted by Gasteiger charge is 2.41. The average Bonchev–Trinajstić information content (AvgIpc) is 3.74. The summed E-state index contributed by atoms with van der Waals surface area (Å²) in [6, 6.07) is 27.5. The summed E-state index contributed by atoms with van der Waals surface area (Å²) >= 11 is 5.97. The number of likely N-dealkylation sites (tertiary alicyclic amines) is 1. The molecule has 3 heterocycles. The van der Waals surface area contributed by atoms with Gasteiger partial charge in [-0.05, 0) is 31.2 Å². The van der Waals surface area contributed by atoms with Gasteiger partial charge in [0.1, 0.15) is 35.7 Å². The summed E-state index contributed by atoms with van der Waals surface area (Å²) in [7, 11) is 1.59. The number of aliphatic hydroxyl groups is 1. The molecule has 0 bridgehead atoms.